The van der Waals surface area contributed by atoms with Crippen LogP contribution in [0.1, 0.15) is 51.4 Å². The average molecular weight is 319 g/mol. The summed E-state index contributed by atoms with van der Waals surface area (Å²) < 4.78 is 1.70. The summed E-state index contributed by atoms with van der Waals surface area (Å²) in [6.07, 6.45) is 13.1. The second-order valence-corrected chi connectivity index (χ2v) is 7.01. The maximum absolute atomic E-state index is 12.0. The van der Waals surface area contributed by atoms with E-state index in [4.69, 9.17) is 0 Å². The molecule has 1 aromatic heterocycles. The highest BCUT2D eigenvalue weighted by molar-refractivity contribution is 5.75. The van der Waals surface area contributed by atoms with E-state index in [2.05, 4.69) is 20.3 Å². The van der Waals surface area contributed by atoms with Crippen LogP contribution < -0.4 is 5.32 Å². The van der Waals surface area contributed by atoms with Crippen molar-refractivity contribution in [3.63, 3.8) is 0 Å². The van der Waals surface area contributed by atoms with E-state index in [1.54, 1.807) is 11.0 Å². The summed E-state index contributed by atoms with van der Waals surface area (Å²) in [6.45, 7) is 3.83. The Balaban J connectivity index is 1.36. The van der Waals surface area contributed by atoms with Gasteiger partial charge in [-0.05, 0) is 38.1 Å². The maximum Gasteiger partial charge on any atom is 0.221 e. The summed E-state index contributed by atoms with van der Waals surface area (Å²) in [4.78, 5) is 18.6. The Bertz CT molecular complexity index is 469. The van der Waals surface area contributed by atoms with Crippen LogP contribution in [0, 0.1) is 5.92 Å². The van der Waals surface area contributed by atoms with Crippen molar-refractivity contribution in [1.29, 1.82) is 0 Å². The van der Waals surface area contributed by atoms with E-state index in [1.807, 2.05) is 0 Å². The van der Waals surface area contributed by atoms with Crippen molar-refractivity contribution >= 4 is 5.91 Å². The minimum atomic E-state index is 0.121. The molecule has 1 aliphatic heterocycles. The number of rotatable bonds is 6. The summed E-state index contributed by atoms with van der Waals surface area (Å²) >= 11 is 0. The van der Waals surface area contributed by atoms with E-state index in [9.17, 15) is 4.79 Å². The van der Waals surface area contributed by atoms with Crippen LogP contribution in [-0.4, -0.2) is 51.2 Å². The Kier molecular flexibility index (Phi) is 6.02. The second kappa shape index (κ2) is 8.43. The normalized spacial score (nSPS) is 23.7. The predicted molar refractivity (Wildman–Crippen MR) is 88.8 cm³/mol. The lowest BCUT2D eigenvalue weighted by atomic mass is 9.90. The van der Waals surface area contributed by atoms with Gasteiger partial charge in [-0.3, -0.25) is 9.48 Å². The summed E-state index contributed by atoms with van der Waals surface area (Å²) in [5.41, 5.74) is 0. The monoisotopic (exact) mass is 319 g/mol. The van der Waals surface area contributed by atoms with Crippen LogP contribution in [-0.2, 0) is 11.3 Å². The fourth-order valence-electron chi connectivity index (χ4n) is 3.95. The topological polar surface area (TPSA) is 63.1 Å². The molecule has 1 N–H and O–H groups in total. The highest BCUT2D eigenvalue weighted by atomic mass is 16.1. The molecule has 128 valence electrons. The molecule has 1 aliphatic carbocycles. The van der Waals surface area contributed by atoms with E-state index in [0.717, 1.165) is 19.1 Å². The van der Waals surface area contributed by atoms with Gasteiger partial charge in [0, 0.05) is 25.6 Å². The zero-order valence-electron chi connectivity index (χ0n) is 14.0. The highest BCUT2D eigenvalue weighted by Crippen LogP contribution is 2.26. The third kappa shape index (κ3) is 5.03. The number of hydrogen-bond acceptors (Lipinski definition) is 4. The van der Waals surface area contributed by atoms with Gasteiger partial charge in [-0.25, -0.2) is 4.98 Å². The van der Waals surface area contributed by atoms with Crippen LogP contribution in [0.25, 0.3) is 0 Å². The van der Waals surface area contributed by atoms with Crippen molar-refractivity contribution in [3.05, 3.63) is 12.7 Å². The van der Waals surface area contributed by atoms with E-state index in [1.165, 1.54) is 57.8 Å². The summed E-state index contributed by atoms with van der Waals surface area (Å²) in [7, 11) is 0. The Morgan fingerprint density at radius 3 is 2.83 bits per heavy atom. The van der Waals surface area contributed by atoms with E-state index < -0.39 is 0 Å². The van der Waals surface area contributed by atoms with Gasteiger partial charge in [0.2, 0.25) is 5.91 Å². The van der Waals surface area contributed by atoms with Gasteiger partial charge in [-0.15, -0.1) is 0 Å². The third-order valence-electron chi connectivity index (χ3n) is 5.26. The molecule has 2 aliphatic rings. The van der Waals surface area contributed by atoms with Crippen molar-refractivity contribution in [3.8, 4) is 0 Å². The maximum atomic E-state index is 12.0. The number of amides is 1. The molecule has 0 spiro atoms. The average Bonchev–Trinajstić information content (AvgIpc) is 3.13. The first-order chi connectivity index (χ1) is 11.3. The zero-order valence-corrected chi connectivity index (χ0v) is 14.0. The van der Waals surface area contributed by atoms with Crippen LogP contribution in [0.5, 0.6) is 0 Å². The lowest BCUT2D eigenvalue weighted by molar-refractivity contribution is -0.121. The minimum Gasteiger partial charge on any atom is -0.356 e. The number of piperidine rings is 1. The Morgan fingerprint density at radius 2 is 2.04 bits per heavy atom. The van der Waals surface area contributed by atoms with Gasteiger partial charge < -0.3 is 10.2 Å². The molecule has 6 nitrogen and oxygen atoms in total. The SMILES string of the molecule is O=C(CCn1cncn1)NC[C@@H]1CCCN(C2CCCCC2)C1. The quantitative estimate of drug-likeness (QED) is 0.869. The first-order valence-corrected chi connectivity index (χ1v) is 9.14. The third-order valence-corrected chi connectivity index (χ3v) is 5.26. The van der Waals surface area contributed by atoms with Crippen LogP contribution >= 0.6 is 0 Å². The number of aromatic nitrogens is 3. The lowest BCUT2D eigenvalue weighted by Crippen LogP contribution is -2.46. The number of nitrogens with one attached hydrogen (secondary N) is 1. The van der Waals surface area contributed by atoms with Crippen LogP contribution in [0.3, 0.4) is 0 Å². The van der Waals surface area contributed by atoms with Gasteiger partial charge >= 0.3 is 0 Å². The van der Waals surface area contributed by atoms with Crippen molar-refractivity contribution in [1.82, 2.24) is 25.0 Å². The number of hydrogen-bond donors (Lipinski definition) is 1. The molecule has 1 saturated heterocycles. The molecule has 1 saturated carbocycles. The summed E-state index contributed by atoms with van der Waals surface area (Å²) in [5, 5.41) is 7.13. The van der Waals surface area contributed by atoms with Crippen LogP contribution in [0.15, 0.2) is 12.7 Å². The number of nitrogens with zero attached hydrogens (tertiary/aromatic N) is 4. The first-order valence-electron chi connectivity index (χ1n) is 9.14. The number of aryl methyl sites for hydroxylation is 1. The van der Waals surface area contributed by atoms with E-state index in [0.29, 0.717) is 18.9 Å². The standard InChI is InChI=1S/C17H29N5O/c23-17(8-10-22-14-18-13-20-22)19-11-15-5-4-9-21(12-15)16-6-2-1-3-7-16/h13-16H,1-12H2,(H,19,23)/t15-/m0/s1. The van der Waals surface area contributed by atoms with Gasteiger partial charge in [-0.1, -0.05) is 19.3 Å². The highest BCUT2D eigenvalue weighted by Gasteiger charge is 2.26. The molecule has 1 aromatic rings. The molecular formula is C17H29N5O. The second-order valence-electron chi connectivity index (χ2n) is 7.01. The summed E-state index contributed by atoms with van der Waals surface area (Å²) in [5.74, 6) is 0.733. The molecular weight excluding hydrogens is 290 g/mol. The molecule has 6 heteroatoms. The molecule has 0 bridgehead atoms. The minimum absolute atomic E-state index is 0.121. The van der Waals surface area contributed by atoms with Crippen LogP contribution in [0.2, 0.25) is 0 Å². The first kappa shape index (κ1) is 16.4. The van der Waals surface area contributed by atoms with Gasteiger partial charge in [0.1, 0.15) is 12.7 Å². The molecule has 23 heavy (non-hydrogen) atoms. The van der Waals surface area contributed by atoms with Crippen molar-refractivity contribution in [2.75, 3.05) is 19.6 Å². The molecule has 0 aromatic carbocycles. The van der Waals surface area contributed by atoms with Gasteiger partial charge in [0.15, 0.2) is 0 Å². The number of carbonyl (C=O) groups excluding carboxylic acids is 1. The Morgan fingerprint density at radius 1 is 1.17 bits per heavy atom. The van der Waals surface area contributed by atoms with Crippen molar-refractivity contribution < 1.29 is 4.79 Å². The van der Waals surface area contributed by atoms with Gasteiger partial charge in [0.25, 0.3) is 0 Å². The van der Waals surface area contributed by atoms with E-state index >= 15 is 0 Å². The van der Waals surface area contributed by atoms with Crippen LogP contribution in [0.4, 0.5) is 0 Å². The molecule has 0 unspecified atom stereocenters. The molecule has 2 heterocycles. The van der Waals surface area contributed by atoms with Gasteiger partial charge in [-0.2, -0.15) is 5.10 Å². The van der Waals surface area contributed by atoms with Crippen molar-refractivity contribution in [2.24, 2.45) is 5.92 Å². The molecule has 2 fully saturated rings. The van der Waals surface area contributed by atoms with Gasteiger partial charge in [0.05, 0.1) is 6.54 Å². The smallest absolute Gasteiger partial charge is 0.221 e. The largest absolute Gasteiger partial charge is 0.356 e. The summed E-state index contributed by atoms with van der Waals surface area (Å²) in [6, 6.07) is 0.801. The Hall–Kier alpha value is -1.43. The van der Waals surface area contributed by atoms with E-state index in [-0.39, 0.29) is 5.91 Å². The lowest BCUT2D eigenvalue weighted by Gasteiger charge is -2.40. The number of carbonyl (C=O) groups is 1. The van der Waals surface area contributed by atoms with Crippen molar-refractivity contribution in [2.45, 2.75) is 64.0 Å². The number of likely N-dealkylation sites (tertiary alicyclic amines) is 1. The molecule has 1 amide bonds. The molecule has 1 atom stereocenters. The fraction of sp³-hybridized carbons (Fsp3) is 0.824. The fourth-order valence-corrected chi connectivity index (χ4v) is 3.95. The predicted octanol–water partition coefficient (Wildman–Crippen LogP) is 1.83. The molecule has 0 radical (unpaired) electrons. The zero-order chi connectivity index (χ0) is 15.9. The Labute approximate surface area is 138 Å². The molecule has 3 rings (SSSR count).